The van der Waals surface area contributed by atoms with Crippen LogP contribution in [0, 0.1) is 0 Å². The lowest BCUT2D eigenvalue weighted by Crippen LogP contribution is -2.47. The van der Waals surface area contributed by atoms with Gasteiger partial charge in [-0.15, -0.1) is 0 Å². The molecule has 2 aromatic carbocycles. The van der Waals surface area contributed by atoms with Crippen molar-refractivity contribution >= 4 is 22.7 Å². The van der Waals surface area contributed by atoms with Gasteiger partial charge in [0.05, 0.1) is 17.1 Å². The SMILES string of the molecule is CC(C(=O)N1CCC(c2c[nH]c3c(C(N)=O)cc(-c4ccccc4)cc23)CC1)N(C)C. The second-order valence-electron chi connectivity index (χ2n) is 8.66. The van der Waals surface area contributed by atoms with Gasteiger partial charge in [-0.1, -0.05) is 30.3 Å². The lowest BCUT2D eigenvalue weighted by molar-refractivity contribution is -0.136. The molecule has 1 fully saturated rings. The Morgan fingerprint density at radius 2 is 1.77 bits per heavy atom. The molecule has 1 aliphatic heterocycles. The minimum Gasteiger partial charge on any atom is -0.366 e. The summed E-state index contributed by atoms with van der Waals surface area (Å²) in [5, 5.41) is 1.04. The molecule has 3 aromatic rings. The number of benzene rings is 2. The number of aromatic amines is 1. The summed E-state index contributed by atoms with van der Waals surface area (Å²) in [6.45, 7) is 3.44. The normalized spacial score (nSPS) is 16.1. The van der Waals surface area contributed by atoms with Crippen molar-refractivity contribution in [3.63, 3.8) is 0 Å². The zero-order valence-corrected chi connectivity index (χ0v) is 18.4. The Labute approximate surface area is 183 Å². The van der Waals surface area contributed by atoms with Gasteiger partial charge in [0, 0.05) is 24.7 Å². The molecule has 0 saturated carbocycles. The highest BCUT2D eigenvalue weighted by Gasteiger charge is 2.29. The molecule has 31 heavy (non-hydrogen) atoms. The van der Waals surface area contributed by atoms with Gasteiger partial charge in [0.15, 0.2) is 0 Å². The van der Waals surface area contributed by atoms with Gasteiger partial charge in [-0.2, -0.15) is 0 Å². The van der Waals surface area contributed by atoms with E-state index in [2.05, 4.69) is 11.1 Å². The van der Waals surface area contributed by atoms with Crippen LogP contribution in [-0.2, 0) is 4.79 Å². The summed E-state index contributed by atoms with van der Waals surface area (Å²) in [5.74, 6) is 0.0817. The molecule has 1 aliphatic rings. The predicted molar refractivity (Wildman–Crippen MR) is 124 cm³/mol. The van der Waals surface area contributed by atoms with Gasteiger partial charge in [-0.05, 0) is 68.6 Å². The van der Waals surface area contributed by atoms with Crippen LogP contribution in [-0.4, -0.2) is 59.8 Å². The van der Waals surface area contributed by atoms with E-state index in [1.54, 1.807) is 0 Å². The van der Waals surface area contributed by atoms with Crippen molar-refractivity contribution in [3.05, 3.63) is 59.8 Å². The Bertz CT molecular complexity index is 1100. The highest BCUT2D eigenvalue weighted by molar-refractivity contribution is 6.07. The van der Waals surface area contributed by atoms with E-state index in [9.17, 15) is 9.59 Å². The van der Waals surface area contributed by atoms with Gasteiger partial charge in [0.2, 0.25) is 5.91 Å². The Morgan fingerprint density at radius 3 is 2.39 bits per heavy atom. The van der Waals surface area contributed by atoms with Crippen LogP contribution in [0.2, 0.25) is 0 Å². The highest BCUT2D eigenvalue weighted by Crippen LogP contribution is 2.36. The summed E-state index contributed by atoms with van der Waals surface area (Å²) in [6.07, 6.45) is 3.82. The van der Waals surface area contributed by atoms with E-state index in [1.165, 1.54) is 5.56 Å². The average molecular weight is 419 g/mol. The lowest BCUT2D eigenvalue weighted by Gasteiger charge is -2.35. The number of H-pyrrole nitrogens is 1. The molecule has 3 N–H and O–H groups in total. The third-order valence-corrected chi connectivity index (χ3v) is 6.57. The number of amides is 2. The van der Waals surface area contributed by atoms with Gasteiger partial charge in [0.25, 0.3) is 5.91 Å². The van der Waals surface area contributed by atoms with E-state index in [-0.39, 0.29) is 11.9 Å². The number of nitrogens with zero attached hydrogens (tertiary/aromatic N) is 2. The van der Waals surface area contributed by atoms with E-state index in [0.29, 0.717) is 11.5 Å². The summed E-state index contributed by atoms with van der Waals surface area (Å²) in [6, 6.07) is 13.9. The number of fused-ring (bicyclic) bond motifs is 1. The second kappa shape index (κ2) is 8.55. The number of likely N-dealkylation sites (tertiary alicyclic amines) is 1. The van der Waals surface area contributed by atoms with Crippen LogP contribution >= 0.6 is 0 Å². The Hall–Kier alpha value is -3.12. The van der Waals surface area contributed by atoms with Crippen molar-refractivity contribution in [1.82, 2.24) is 14.8 Å². The maximum atomic E-state index is 12.7. The fourth-order valence-corrected chi connectivity index (χ4v) is 4.48. The molecule has 1 unspecified atom stereocenters. The van der Waals surface area contributed by atoms with Gasteiger partial charge < -0.3 is 15.6 Å². The number of aromatic nitrogens is 1. The van der Waals surface area contributed by atoms with E-state index in [0.717, 1.165) is 48.0 Å². The number of nitrogens with two attached hydrogens (primary N) is 1. The number of rotatable bonds is 5. The maximum absolute atomic E-state index is 12.7. The number of nitrogens with one attached hydrogen (secondary N) is 1. The fourth-order valence-electron chi connectivity index (χ4n) is 4.48. The molecule has 0 spiro atoms. The number of likely N-dealkylation sites (N-methyl/N-ethyl adjacent to an activating group) is 1. The topological polar surface area (TPSA) is 82.4 Å². The van der Waals surface area contributed by atoms with Crippen molar-refractivity contribution in [2.24, 2.45) is 5.73 Å². The maximum Gasteiger partial charge on any atom is 0.250 e. The van der Waals surface area contributed by atoms with Crippen LogP contribution in [0.1, 0.15) is 41.6 Å². The van der Waals surface area contributed by atoms with Crippen molar-refractivity contribution in [2.45, 2.75) is 31.7 Å². The third kappa shape index (κ3) is 4.08. The number of hydrogen-bond donors (Lipinski definition) is 2. The molecule has 2 heterocycles. The van der Waals surface area contributed by atoms with E-state index < -0.39 is 5.91 Å². The molecule has 4 rings (SSSR count). The van der Waals surface area contributed by atoms with E-state index in [4.69, 9.17) is 5.73 Å². The van der Waals surface area contributed by atoms with E-state index >= 15 is 0 Å². The van der Waals surface area contributed by atoms with Crippen molar-refractivity contribution in [3.8, 4) is 11.1 Å². The third-order valence-electron chi connectivity index (χ3n) is 6.57. The lowest BCUT2D eigenvalue weighted by atomic mass is 9.87. The molecule has 1 aromatic heterocycles. The molecule has 6 heteroatoms. The summed E-state index contributed by atoms with van der Waals surface area (Å²) in [5.41, 5.74) is 10.2. The molecule has 0 radical (unpaired) electrons. The second-order valence-corrected chi connectivity index (χ2v) is 8.66. The standard InChI is InChI=1S/C25H30N4O2/c1-16(28(2)3)25(31)29-11-9-18(10-12-29)22-15-27-23-20(22)13-19(14-21(23)24(26)30)17-7-5-4-6-8-17/h4-8,13-16,18,27H,9-12H2,1-3H3,(H2,26,30). The number of hydrogen-bond acceptors (Lipinski definition) is 3. The van der Waals surface area contributed by atoms with E-state index in [1.807, 2.05) is 73.4 Å². The first-order valence-corrected chi connectivity index (χ1v) is 10.8. The number of carbonyl (C=O) groups excluding carboxylic acids is 2. The molecule has 162 valence electrons. The van der Waals surface area contributed by atoms with Crippen molar-refractivity contribution < 1.29 is 9.59 Å². The minimum absolute atomic E-state index is 0.115. The molecule has 0 aliphatic carbocycles. The molecular weight excluding hydrogens is 388 g/mol. The summed E-state index contributed by atoms with van der Waals surface area (Å²) >= 11 is 0. The monoisotopic (exact) mass is 418 g/mol. The van der Waals surface area contributed by atoms with Gasteiger partial charge in [0.1, 0.15) is 0 Å². The number of primary amides is 1. The summed E-state index contributed by atoms with van der Waals surface area (Å²) in [4.78, 5) is 32.1. The predicted octanol–water partition coefficient (Wildman–Crippen LogP) is 3.59. The Morgan fingerprint density at radius 1 is 1.10 bits per heavy atom. The first kappa shape index (κ1) is 21.1. The minimum atomic E-state index is -0.436. The molecule has 2 amide bonds. The zero-order valence-electron chi connectivity index (χ0n) is 18.4. The fraction of sp³-hybridized carbons (Fsp3) is 0.360. The smallest absolute Gasteiger partial charge is 0.250 e. The van der Waals surface area contributed by atoms with Crippen molar-refractivity contribution in [2.75, 3.05) is 27.2 Å². The first-order chi connectivity index (χ1) is 14.9. The van der Waals surface area contributed by atoms with Gasteiger partial charge >= 0.3 is 0 Å². The number of carbonyl (C=O) groups is 2. The van der Waals surface area contributed by atoms with Crippen LogP contribution in [0.4, 0.5) is 0 Å². The Balaban J connectivity index is 1.64. The molecule has 1 saturated heterocycles. The summed E-state index contributed by atoms with van der Waals surface area (Å²) in [7, 11) is 3.86. The quantitative estimate of drug-likeness (QED) is 0.664. The zero-order chi connectivity index (χ0) is 22.1. The molecule has 1 atom stereocenters. The molecule has 6 nitrogen and oxygen atoms in total. The Kier molecular flexibility index (Phi) is 5.83. The average Bonchev–Trinajstić information content (AvgIpc) is 3.22. The van der Waals surface area contributed by atoms with Crippen LogP contribution in [0.5, 0.6) is 0 Å². The van der Waals surface area contributed by atoms with Crippen LogP contribution in [0.25, 0.3) is 22.0 Å². The summed E-state index contributed by atoms with van der Waals surface area (Å²) < 4.78 is 0. The van der Waals surface area contributed by atoms with Gasteiger partial charge in [-0.25, -0.2) is 0 Å². The first-order valence-electron chi connectivity index (χ1n) is 10.8. The largest absolute Gasteiger partial charge is 0.366 e. The van der Waals surface area contributed by atoms with Crippen LogP contribution in [0.3, 0.4) is 0 Å². The molecule has 0 bridgehead atoms. The van der Waals surface area contributed by atoms with Crippen LogP contribution < -0.4 is 5.73 Å². The molecular formula is C25H30N4O2. The highest BCUT2D eigenvalue weighted by atomic mass is 16.2. The van der Waals surface area contributed by atoms with Crippen molar-refractivity contribution in [1.29, 1.82) is 0 Å². The van der Waals surface area contributed by atoms with Gasteiger partial charge in [-0.3, -0.25) is 14.5 Å². The number of piperidine rings is 1. The van der Waals surface area contributed by atoms with Crippen LogP contribution in [0.15, 0.2) is 48.7 Å².